The number of methoxy groups -OCH3 is 1. The molecular formula is C14H19N5O2. The fourth-order valence-electron chi connectivity index (χ4n) is 2.70. The Kier molecular flexibility index (Phi) is 3.74. The largest absolute Gasteiger partial charge is 0.385 e. The van der Waals surface area contributed by atoms with Gasteiger partial charge < -0.3 is 9.64 Å². The third-order valence-corrected chi connectivity index (χ3v) is 3.76. The molecule has 3 rings (SSSR count). The topological polar surface area (TPSA) is 65.2 Å². The molecule has 0 unspecified atom stereocenters. The Balaban J connectivity index is 1.80. The lowest BCUT2D eigenvalue weighted by molar-refractivity contribution is 0.0634. The Morgan fingerprint density at radius 1 is 1.48 bits per heavy atom. The molecule has 21 heavy (non-hydrogen) atoms. The normalized spacial score (nSPS) is 17.8. The second kappa shape index (κ2) is 5.69. The van der Waals surface area contributed by atoms with E-state index in [0.717, 1.165) is 12.1 Å². The molecule has 0 saturated carbocycles. The third-order valence-electron chi connectivity index (χ3n) is 3.76. The molecule has 0 fully saturated rings. The molecule has 0 aromatic carbocycles. The van der Waals surface area contributed by atoms with Gasteiger partial charge in [0.25, 0.3) is 5.91 Å². The van der Waals surface area contributed by atoms with Crippen LogP contribution in [0.1, 0.15) is 28.6 Å². The van der Waals surface area contributed by atoms with E-state index in [0.29, 0.717) is 25.4 Å². The number of nitrogens with zero attached hydrogens (tertiary/aromatic N) is 5. The molecule has 0 spiro atoms. The number of hydrogen-bond acceptors (Lipinski definition) is 4. The SMILES string of the molecule is COCC[C@H]1CN(C(=O)c2ccn(C)n2)Cc2ccnn21. The van der Waals surface area contributed by atoms with Crippen LogP contribution in [0.3, 0.4) is 0 Å². The van der Waals surface area contributed by atoms with Gasteiger partial charge in [-0.05, 0) is 18.6 Å². The molecule has 0 bridgehead atoms. The molecular weight excluding hydrogens is 270 g/mol. The summed E-state index contributed by atoms with van der Waals surface area (Å²) in [4.78, 5) is 14.4. The molecule has 2 aromatic heterocycles. The van der Waals surface area contributed by atoms with E-state index in [4.69, 9.17) is 4.74 Å². The predicted octanol–water partition coefficient (Wildman–Crippen LogP) is 0.850. The van der Waals surface area contributed by atoms with Crippen LogP contribution >= 0.6 is 0 Å². The Hall–Kier alpha value is -2.15. The second-order valence-electron chi connectivity index (χ2n) is 5.26. The van der Waals surface area contributed by atoms with Gasteiger partial charge in [0, 0.05) is 39.7 Å². The Morgan fingerprint density at radius 2 is 2.33 bits per heavy atom. The number of carbonyl (C=O) groups excluding carboxylic acids is 1. The molecule has 7 nitrogen and oxygen atoms in total. The first kappa shape index (κ1) is 13.8. The van der Waals surface area contributed by atoms with E-state index < -0.39 is 0 Å². The summed E-state index contributed by atoms with van der Waals surface area (Å²) in [6.07, 6.45) is 4.39. The number of ether oxygens (including phenoxy) is 1. The van der Waals surface area contributed by atoms with Crippen LogP contribution in [-0.4, -0.2) is 50.6 Å². The molecule has 1 amide bonds. The summed E-state index contributed by atoms with van der Waals surface area (Å²) in [5.41, 5.74) is 1.53. The first-order valence-electron chi connectivity index (χ1n) is 6.99. The maximum absolute atomic E-state index is 12.6. The zero-order chi connectivity index (χ0) is 14.8. The highest BCUT2D eigenvalue weighted by Gasteiger charge is 2.29. The van der Waals surface area contributed by atoms with Crippen LogP contribution in [0.5, 0.6) is 0 Å². The molecule has 0 aliphatic carbocycles. The van der Waals surface area contributed by atoms with Crippen LogP contribution in [0.4, 0.5) is 0 Å². The van der Waals surface area contributed by atoms with Gasteiger partial charge in [-0.3, -0.25) is 14.2 Å². The minimum absolute atomic E-state index is 0.0366. The summed E-state index contributed by atoms with van der Waals surface area (Å²) in [7, 11) is 3.49. The Morgan fingerprint density at radius 3 is 3.05 bits per heavy atom. The van der Waals surface area contributed by atoms with Gasteiger partial charge in [0.05, 0.1) is 18.3 Å². The lowest BCUT2D eigenvalue weighted by Gasteiger charge is -2.33. The van der Waals surface area contributed by atoms with Gasteiger partial charge in [0.15, 0.2) is 0 Å². The van der Waals surface area contributed by atoms with Crippen LogP contribution in [0.15, 0.2) is 24.5 Å². The summed E-state index contributed by atoms with van der Waals surface area (Å²) in [6, 6.07) is 3.85. The van der Waals surface area contributed by atoms with Crippen LogP contribution in [0.2, 0.25) is 0 Å². The zero-order valence-corrected chi connectivity index (χ0v) is 12.3. The summed E-state index contributed by atoms with van der Waals surface area (Å²) in [6.45, 7) is 1.85. The maximum atomic E-state index is 12.6. The first-order valence-corrected chi connectivity index (χ1v) is 6.99. The zero-order valence-electron chi connectivity index (χ0n) is 12.3. The van der Waals surface area contributed by atoms with Crippen molar-refractivity contribution >= 4 is 5.91 Å². The van der Waals surface area contributed by atoms with Crippen LogP contribution in [0, 0.1) is 0 Å². The van der Waals surface area contributed by atoms with E-state index in [-0.39, 0.29) is 11.9 Å². The van der Waals surface area contributed by atoms with Gasteiger partial charge in [-0.1, -0.05) is 0 Å². The monoisotopic (exact) mass is 289 g/mol. The number of aryl methyl sites for hydroxylation is 1. The van der Waals surface area contributed by atoms with Gasteiger partial charge in [0.2, 0.25) is 0 Å². The average Bonchev–Trinajstić information content (AvgIpc) is 3.12. The van der Waals surface area contributed by atoms with E-state index in [1.165, 1.54) is 0 Å². The van der Waals surface area contributed by atoms with Gasteiger partial charge in [-0.15, -0.1) is 0 Å². The second-order valence-corrected chi connectivity index (χ2v) is 5.26. The summed E-state index contributed by atoms with van der Waals surface area (Å²) in [5.74, 6) is -0.0366. The lowest BCUT2D eigenvalue weighted by Crippen LogP contribution is -2.41. The predicted molar refractivity (Wildman–Crippen MR) is 75.7 cm³/mol. The number of amides is 1. The smallest absolute Gasteiger partial charge is 0.274 e. The molecule has 3 heterocycles. The summed E-state index contributed by atoms with van der Waals surface area (Å²) < 4.78 is 8.80. The standard InChI is InChI=1S/C14H19N5O2/c1-17-7-4-13(16-17)14(20)18-9-11-3-6-15-19(11)12(10-18)5-8-21-2/h3-4,6-7,12H,5,8-10H2,1-2H3/t12-/m0/s1. The minimum Gasteiger partial charge on any atom is -0.385 e. The summed E-state index contributed by atoms with van der Waals surface area (Å²) in [5, 5.41) is 8.56. The molecule has 7 heteroatoms. The number of aromatic nitrogens is 4. The van der Waals surface area contributed by atoms with Gasteiger partial charge in [-0.25, -0.2) is 0 Å². The van der Waals surface area contributed by atoms with E-state index in [9.17, 15) is 4.79 Å². The quantitative estimate of drug-likeness (QED) is 0.837. The Bertz CT molecular complexity index is 633. The van der Waals surface area contributed by atoms with Crippen molar-refractivity contribution in [2.24, 2.45) is 7.05 Å². The molecule has 2 aromatic rings. The van der Waals surface area contributed by atoms with Crippen molar-refractivity contribution in [3.63, 3.8) is 0 Å². The van der Waals surface area contributed by atoms with Crippen LogP contribution < -0.4 is 0 Å². The van der Waals surface area contributed by atoms with Crippen LogP contribution in [0.25, 0.3) is 0 Å². The van der Waals surface area contributed by atoms with Gasteiger partial charge >= 0.3 is 0 Å². The van der Waals surface area contributed by atoms with Gasteiger partial charge in [-0.2, -0.15) is 10.2 Å². The van der Waals surface area contributed by atoms with E-state index in [2.05, 4.69) is 10.2 Å². The maximum Gasteiger partial charge on any atom is 0.274 e. The van der Waals surface area contributed by atoms with Crippen molar-refractivity contribution in [1.82, 2.24) is 24.5 Å². The number of hydrogen-bond donors (Lipinski definition) is 0. The fraction of sp³-hybridized carbons (Fsp3) is 0.500. The highest BCUT2D eigenvalue weighted by atomic mass is 16.5. The summed E-state index contributed by atoms with van der Waals surface area (Å²) >= 11 is 0. The van der Waals surface area contributed by atoms with Crippen molar-refractivity contribution in [3.05, 3.63) is 35.9 Å². The van der Waals surface area contributed by atoms with E-state index in [1.807, 2.05) is 22.7 Å². The third kappa shape index (κ3) is 2.69. The molecule has 112 valence electrons. The molecule has 0 N–H and O–H groups in total. The van der Waals surface area contributed by atoms with Crippen molar-refractivity contribution in [1.29, 1.82) is 0 Å². The molecule has 0 radical (unpaired) electrons. The van der Waals surface area contributed by atoms with Crippen molar-refractivity contribution in [3.8, 4) is 0 Å². The Labute approximate surface area is 123 Å². The van der Waals surface area contributed by atoms with E-state index >= 15 is 0 Å². The molecule has 1 atom stereocenters. The number of fused-ring (bicyclic) bond motifs is 1. The highest BCUT2D eigenvalue weighted by Crippen LogP contribution is 2.24. The lowest BCUT2D eigenvalue weighted by atomic mass is 10.1. The van der Waals surface area contributed by atoms with Crippen LogP contribution in [-0.2, 0) is 18.3 Å². The first-order chi connectivity index (χ1) is 10.2. The fourth-order valence-corrected chi connectivity index (χ4v) is 2.70. The minimum atomic E-state index is -0.0366. The van der Waals surface area contributed by atoms with Crippen molar-refractivity contribution in [2.75, 3.05) is 20.3 Å². The van der Waals surface area contributed by atoms with E-state index in [1.54, 1.807) is 30.3 Å². The molecule has 1 aliphatic heterocycles. The van der Waals surface area contributed by atoms with Crippen molar-refractivity contribution < 1.29 is 9.53 Å². The molecule has 1 aliphatic rings. The van der Waals surface area contributed by atoms with Gasteiger partial charge in [0.1, 0.15) is 5.69 Å². The highest BCUT2D eigenvalue weighted by molar-refractivity contribution is 5.92. The molecule has 0 saturated heterocycles. The number of carbonyl (C=O) groups is 1. The average molecular weight is 289 g/mol. The van der Waals surface area contributed by atoms with Crippen molar-refractivity contribution in [2.45, 2.75) is 19.0 Å². The number of rotatable bonds is 4.